The van der Waals surface area contributed by atoms with Crippen molar-refractivity contribution >= 4 is 17.9 Å². The number of allylic oxidation sites excluding steroid dienone is 21. The van der Waals surface area contributed by atoms with Gasteiger partial charge in [0.1, 0.15) is 13.2 Å². The fraction of sp³-hybridized carbons (Fsp3) is 0.590. The Balaban J connectivity index is 4.51. The van der Waals surface area contributed by atoms with E-state index in [-0.39, 0.29) is 31.6 Å². The third kappa shape index (κ3) is 52.4. The van der Waals surface area contributed by atoms with Crippen LogP contribution in [0.5, 0.6) is 0 Å². The van der Waals surface area contributed by atoms with E-state index in [1.807, 2.05) is 6.08 Å². The van der Waals surface area contributed by atoms with Crippen molar-refractivity contribution in [2.45, 2.75) is 219 Å². The molecule has 0 aromatic rings. The minimum Gasteiger partial charge on any atom is -0.462 e. The lowest BCUT2D eigenvalue weighted by atomic mass is 10.1. The maximum absolute atomic E-state index is 12.8. The summed E-state index contributed by atoms with van der Waals surface area (Å²) in [5.41, 5.74) is 0. The molecule has 6 heteroatoms. The molecular formula is C61H96O6. The monoisotopic (exact) mass is 925 g/mol. The SMILES string of the molecule is CC/C=C\C/C=C\C/C=C\C/C=C\C/C=C\CC(=O)OC(COC(=O)CCCCCCC/C=C\C/C=C\CCC)COC(=O)CCCCCCCCCC/C=C\C/C=C\C/C=C\C/C=C\CC. The van der Waals surface area contributed by atoms with Gasteiger partial charge in [-0.3, -0.25) is 14.4 Å². The molecule has 0 saturated carbocycles. The summed E-state index contributed by atoms with van der Waals surface area (Å²) in [6, 6.07) is 0. The molecule has 0 amide bonds. The number of carbonyl (C=O) groups excluding carboxylic acids is 3. The molecule has 0 heterocycles. The largest absolute Gasteiger partial charge is 0.462 e. The maximum Gasteiger partial charge on any atom is 0.310 e. The van der Waals surface area contributed by atoms with Crippen molar-refractivity contribution in [3.8, 4) is 0 Å². The zero-order valence-corrected chi connectivity index (χ0v) is 42.9. The van der Waals surface area contributed by atoms with Crippen LogP contribution >= 0.6 is 0 Å². The summed E-state index contributed by atoms with van der Waals surface area (Å²) in [6.07, 6.45) is 76.0. The van der Waals surface area contributed by atoms with Gasteiger partial charge in [-0.15, -0.1) is 0 Å². The Labute approximate surface area is 411 Å². The topological polar surface area (TPSA) is 78.9 Å². The predicted octanol–water partition coefficient (Wildman–Crippen LogP) is 17.9. The number of unbranched alkanes of at least 4 members (excludes halogenated alkanes) is 14. The number of hydrogen-bond donors (Lipinski definition) is 0. The first-order chi connectivity index (χ1) is 33.0. The fourth-order valence-corrected chi connectivity index (χ4v) is 6.72. The summed E-state index contributed by atoms with van der Waals surface area (Å²) in [7, 11) is 0. The molecule has 6 nitrogen and oxygen atoms in total. The second kappa shape index (κ2) is 54.2. The van der Waals surface area contributed by atoms with Gasteiger partial charge in [-0.25, -0.2) is 0 Å². The van der Waals surface area contributed by atoms with Gasteiger partial charge in [-0.2, -0.15) is 0 Å². The minimum absolute atomic E-state index is 0.0863. The van der Waals surface area contributed by atoms with E-state index in [4.69, 9.17) is 14.2 Å². The number of esters is 3. The van der Waals surface area contributed by atoms with Gasteiger partial charge < -0.3 is 14.2 Å². The number of rotatable bonds is 46. The van der Waals surface area contributed by atoms with Crippen LogP contribution in [0.25, 0.3) is 0 Å². The summed E-state index contributed by atoms with van der Waals surface area (Å²) in [5, 5.41) is 0. The van der Waals surface area contributed by atoms with Gasteiger partial charge in [-0.1, -0.05) is 219 Å². The van der Waals surface area contributed by atoms with Crippen LogP contribution in [-0.4, -0.2) is 37.2 Å². The second-order valence-corrected chi connectivity index (χ2v) is 17.0. The Bertz CT molecular complexity index is 1480. The van der Waals surface area contributed by atoms with E-state index >= 15 is 0 Å². The van der Waals surface area contributed by atoms with Crippen molar-refractivity contribution in [3.05, 3.63) is 134 Å². The van der Waals surface area contributed by atoms with E-state index in [1.165, 1.54) is 38.5 Å². The van der Waals surface area contributed by atoms with Gasteiger partial charge >= 0.3 is 17.9 Å². The molecule has 0 saturated heterocycles. The fourth-order valence-electron chi connectivity index (χ4n) is 6.72. The second-order valence-electron chi connectivity index (χ2n) is 17.0. The molecule has 0 fully saturated rings. The molecule has 0 aliphatic carbocycles. The van der Waals surface area contributed by atoms with E-state index in [0.717, 1.165) is 128 Å². The third-order valence-electron chi connectivity index (χ3n) is 10.6. The molecule has 0 spiro atoms. The van der Waals surface area contributed by atoms with Crippen LogP contribution in [0.4, 0.5) is 0 Å². The first kappa shape index (κ1) is 62.5. The standard InChI is InChI=1S/C61H96O6/c1-4-7-10-13-16-19-22-25-27-28-29-30-31-32-34-36-39-42-45-48-51-54-60(63)66-57-58(56-65-59(62)53-50-47-44-41-38-35-24-21-18-15-12-9-6-3)67-61(64)55-52-49-46-43-40-37-33-26-23-20-17-14-11-8-5-2/h7-8,10-12,15-17,19-21,24-27,29-30,33,40,43,49,52,58H,4-6,9,13-14,18,22-23,28,31-32,34-39,41-42,44-48,50-51,53-57H2,1-3H3/b10-7-,11-8-,15-12-,19-16-,20-17-,24-21-,27-25-,30-29-,33-26-,43-40-,52-49-. The van der Waals surface area contributed by atoms with Crippen LogP contribution in [0.1, 0.15) is 213 Å². The van der Waals surface area contributed by atoms with E-state index in [0.29, 0.717) is 19.3 Å². The van der Waals surface area contributed by atoms with Crippen molar-refractivity contribution in [2.24, 2.45) is 0 Å². The van der Waals surface area contributed by atoms with Gasteiger partial charge in [0, 0.05) is 12.8 Å². The average molecular weight is 925 g/mol. The molecule has 0 N–H and O–H groups in total. The summed E-state index contributed by atoms with van der Waals surface area (Å²) in [6.45, 7) is 6.22. The molecule has 0 bridgehead atoms. The summed E-state index contributed by atoms with van der Waals surface area (Å²) in [5.74, 6) is -1.09. The molecular weight excluding hydrogens is 829 g/mol. The van der Waals surface area contributed by atoms with E-state index in [2.05, 4.69) is 142 Å². The summed E-state index contributed by atoms with van der Waals surface area (Å²) in [4.78, 5) is 38.0. The van der Waals surface area contributed by atoms with Crippen molar-refractivity contribution in [3.63, 3.8) is 0 Å². The number of hydrogen-bond acceptors (Lipinski definition) is 6. The lowest BCUT2D eigenvalue weighted by Crippen LogP contribution is -2.30. The summed E-state index contributed by atoms with van der Waals surface area (Å²) >= 11 is 0. The van der Waals surface area contributed by atoms with Crippen molar-refractivity contribution in [2.75, 3.05) is 13.2 Å². The quantitative estimate of drug-likeness (QED) is 0.0262. The van der Waals surface area contributed by atoms with Gasteiger partial charge in [-0.05, 0) is 109 Å². The maximum atomic E-state index is 12.8. The van der Waals surface area contributed by atoms with Gasteiger partial charge in [0.05, 0.1) is 6.42 Å². The normalized spacial score (nSPS) is 13.2. The number of carbonyl (C=O) groups is 3. The molecule has 1 atom stereocenters. The van der Waals surface area contributed by atoms with E-state index in [9.17, 15) is 14.4 Å². The Morgan fingerprint density at radius 2 is 0.627 bits per heavy atom. The van der Waals surface area contributed by atoms with Crippen LogP contribution in [0, 0.1) is 0 Å². The highest BCUT2D eigenvalue weighted by Crippen LogP contribution is 2.13. The van der Waals surface area contributed by atoms with Gasteiger partial charge in [0.25, 0.3) is 0 Å². The Morgan fingerprint density at radius 1 is 0.328 bits per heavy atom. The number of ether oxygens (including phenoxy) is 3. The molecule has 0 aliphatic rings. The average Bonchev–Trinajstić information content (AvgIpc) is 3.33. The first-order valence-corrected chi connectivity index (χ1v) is 26.7. The van der Waals surface area contributed by atoms with Gasteiger partial charge in [0.15, 0.2) is 6.10 Å². The molecule has 1 unspecified atom stereocenters. The van der Waals surface area contributed by atoms with Crippen LogP contribution in [0.2, 0.25) is 0 Å². The highest BCUT2D eigenvalue weighted by atomic mass is 16.6. The molecule has 0 aliphatic heterocycles. The Hall–Kier alpha value is -4.45. The van der Waals surface area contributed by atoms with Gasteiger partial charge in [0.2, 0.25) is 0 Å². The molecule has 0 aromatic carbocycles. The smallest absolute Gasteiger partial charge is 0.310 e. The molecule has 0 aromatic heterocycles. The van der Waals surface area contributed by atoms with Crippen LogP contribution in [0.15, 0.2) is 134 Å². The summed E-state index contributed by atoms with van der Waals surface area (Å²) < 4.78 is 16.7. The molecule has 67 heavy (non-hydrogen) atoms. The Morgan fingerprint density at radius 3 is 0.985 bits per heavy atom. The highest BCUT2D eigenvalue weighted by Gasteiger charge is 2.19. The zero-order valence-electron chi connectivity index (χ0n) is 42.9. The lowest BCUT2D eigenvalue weighted by molar-refractivity contribution is -0.166. The van der Waals surface area contributed by atoms with Crippen LogP contribution in [-0.2, 0) is 28.6 Å². The molecule has 0 radical (unpaired) electrons. The van der Waals surface area contributed by atoms with E-state index < -0.39 is 12.1 Å². The van der Waals surface area contributed by atoms with E-state index in [1.54, 1.807) is 6.08 Å². The van der Waals surface area contributed by atoms with Crippen molar-refractivity contribution in [1.29, 1.82) is 0 Å². The lowest BCUT2D eigenvalue weighted by Gasteiger charge is -2.18. The van der Waals surface area contributed by atoms with Crippen molar-refractivity contribution < 1.29 is 28.6 Å². The van der Waals surface area contributed by atoms with Crippen molar-refractivity contribution in [1.82, 2.24) is 0 Å². The third-order valence-corrected chi connectivity index (χ3v) is 10.6. The van der Waals surface area contributed by atoms with Crippen LogP contribution in [0.3, 0.4) is 0 Å². The first-order valence-electron chi connectivity index (χ1n) is 26.7. The molecule has 376 valence electrons. The predicted molar refractivity (Wildman–Crippen MR) is 288 cm³/mol. The minimum atomic E-state index is -0.846. The zero-order chi connectivity index (χ0) is 48.6. The molecule has 0 rings (SSSR count). The van der Waals surface area contributed by atoms with Crippen LogP contribution < -0.4 is 0 Å². The Kier molecular flexibility index (Phi) is 50.6. The highest BCUT2D eigenvalue weighted by molar-refractivity contribution is 5.72.